The number of aromatic nitrogens is 1. The van der Waals surface area contributed by atoms with Crippen LogP contribution in [0.25, 0.3) is 0 Å². The van der Waals surface area contributed by atoms with Crippen LogP contribution >= 0.6 is 0 Å². The highest BCUT2D eigenvalue weighted by Gasteiger charge is 2.29. The van der Waals surface area contributed by atoms with Crippen molar-refractivity contribution in [1.29, 1.82) is 0 Å². The molecule has 0 radical (unpaired) electrons. The van der Waals surface area contributed by atoms with Crippen molar-refractivity contribution in [2.45, 2.75) is 59.4 Å². The molecule has 0 saturated heterocycles. The lowest BCUT2D eigenvalue weighted by Crippen LogP contribution is -2.49. The number of nitrogens with zero attached hydrogens (tertiary/aromatic N) is 1. The van der Waals surface area contributed by atoms with Crippen molar-refractivity contribution in [3.05, 3.63) is 24.0 Å². The van der Waals surface area contributed by atoms with Crippen LogP contribution < -0.4 is 10.6 Å². The molecular formula is C19H29N3O2. The van der Waals surface area contributed by atoms with Crippen molar-refractivity contribution in [1.82, 2.24) is 10.3 Å². The Morgan fingerprint density at radius 1 is 1.17 bits per heavy atom. The van der Waals surface area contributed by atoms with E-state index >= 15 is 0 Å². The van der Waals surface area contributed by atoms with Crippen molar-refractivity contribution >= 4 is 17.5 Å². The lowest BCUT2D eigenvalue weighted by molar-refractivity contribution is -0.131. The number of aryl methyl sites for hydroxylation is 1. The van der Waals surface area contributed by atoms with E-state index in [2.05, 4.69) is 22.5 Å². The first-order valence-corrected chi connectivity index (χ1v) is 8.90. The number of hydrogen-bond donors (Lipinski definition) is 2. The summed E-state index contributed by atoms with van der Waals surface area (Å²) < 4.78 is 0. The molecule has 1 aliphatic rings. The molecule has 2 amide bonds. The molecule has 1 aromatic rings. The molecule has 0 spiro atoms. The molecule has 1 heterocycles. The van der Waals surface area contributed by atoms with Gasteiger partial charge in [-0.25, -0.2) is 0 Å². The Balaban J connectivity index is 1.96. The Kier molecular flexibility index (Phi) is 6.35. The summed E-state index contributed by atoms with van der Waals surface area (Å²) in [6.45, 7) is 8.02. The summed E-state index contributed by atoms with van der Waals surface area (Å²) >= 11 is 0. The molecule has 0 bridgehead atoms. The van der Waals surface area contributed by atoms with Gasteiger partial charge in [0, 0.05) is 11.6 Å². The second-order valence-electron chi connectivity index (χ2n) is 7.36. The maximum Gasteiger partial charge on any atom is 0.247 e. The van der Waals surface area contributed by atoms with E-state index < -0.39 is 6.04 Å². The lowest BCUT2D eigenvalue weighted by Gasteiger charge is -2.28. The third-order valence-corrected chi connectivity index (χ3v) is 4.81. The van der Waals surface area contributed by atoms with Crippen molar-refractivity contribution < 1.29 is 9.59 Å². The molecule has 24 heavy (non-hydrogen) atoms. The third kappa shape index (κ3) is 5.05. The van der Waals surface area contributed by atoms with Gasteiger partial charge in [0.25, 0.3) is 0 Å². The minimum atomic E-state index is -0.529. The summed E-state index contributed by atoms with van der Waals surface area (Å²) in [6.07, 6.45) is 5.65. The van der Waals surface area contributed by atoms with E-state index in [1.54, 1.807) is 6.20 Å². The van der Waals surface area contributed by atoms with E-state index in [1.807, 2.05) is 32.9 Å². The first kappa shape index (κ1) is 18.4. The Hall–Kier alpha value is -1.91. The van der Waals surface area contributed by atoms with Crippen LogP contribution in [0.4, 0.5) is 5.69 Å². The normalized spacial score (nSPS) is 22.0. The predicted octanol–water partition coefficient (Wildman–Crippen LogP) is 3.30. The maximum absolute atomic E-state index is 12.6. The Morgan fingerprint density at radius 2 is 1.83 bits per heavy atom. The first-order valence-electron chi connectivity index (χ1n) is 8.90. The van der Waals surface area contributed by atoms with Gasteiger partial charge in [-0.15, -0.1) is 0 Å². The smallest absolute Gasteiger partial charge is 0.247 e. The number of rotatable bonds is 5. The number of carbonyl (C=O) groups is 2. The number of carbonyl (C=O) groups excluding carboxylic acids is 2. The molecule has 1 atom stereocenters. The van der Waals surface area contributed by atoms with Gasteiger partial charge in [-0.1, -0.05) is 20.8 Å². The SMILES string of the molecule is Cc1ccc(NC(=O)C(NC(=O)C2CCC(C)CC2)C(C)C)cn1. The summed E-state index contributed by atoms with van der Waals surface area (Å²) in [7, 11) is 0. The molecule has 2 rings (SSSR count). The second-order valence-corrected chi connectivity index (χ2v) is 7.36. The molecule has 2 N–H and O–H groups in total. The number of nitrogens with one attached hydrogen (secondary N) is 2. The van der Waals surface area contributed by atoms with Crippen LogP contribution in [0.15, 0.2) is 18.3 Å². The minimum Gasteiger partial charge on any atom is -0.344 e. The van der Waals surface area contributed by atoms with Crippen LogP contribution in [0, 0.1) is 24.7 Å². The van der Waals surface area contributed by atoms with Crippen LogP contribution in [0.3, 0.4) is 0 Å². The van der Waals surface area contributed by atoms with Crippen LogP contribution in [0.1, 0.15) is 52.1 Å². The standard InChI is InChI=1S/C19H29N3O2/c1-12(2)17(19(24)21-16-10-7-14(4)20-11-16)22-18(23)15-8-5-13(3)6-9-15/h7,10-13,15,17H,5-6,8-9H2,1-4H3,(H,21,24)(H,22,23). The Morgan fingerprint density at radius 3 is 2.38 bits per heavy atom. The molecule has 5 nitrogen and oxygen atoms in total. The summed E-state index contributed by atoms with van der Waals surface area (Å²) in [4.78, 5) is 29.2. The second kappa shape index (κ2) is 8.27. The fourth-order valence-corrected chi connectivity index (χ4v) is 3.09. The lowest BCUT2D eigenvalue weighted by atomic mass is 9.82. The molecule has 0 aromatic carbocycles. The summed E-state index contributed by atoms with van der Waals surface area (Å²) in [5, 5.41) is 5.81. The molecule has 1 aromatic heterocycles. The minimum absolute atomic E-state index is 0.0118. The van der Waals surface area contributed by atoms with Crippen molar-refractivity contribution in [2.75, 3.05) is 5.32 Å². The quantitative estimate of drug-likeness (QED) is 0.869. The van der Waals surface area contributed by atoms with Crippen LogP contribution in [-0.4, -0.2) is 22.8 Å². The van der Waals surface area contributed by atoms with E-state index in [9.17, 15) is 9.59 Å². The highest BCUT2D eigenvalue weighted by molar-refractivity contribution is 5.97. The van der Waals surface area contributed by atoms with Crippen molar-refractivity contribution in [3.63, 3.8) is 0 Å². The predicted molar refractivity (Wildman–Crippen MR) is 95.5 cm³/mol. The van der Waals surface area contributed by atoms with Crippen LogP contribution in [0.2, 0.25) is 0 Å². The number of anilines is 1. The van der Waals surface area contributed by atoms with Gasteiger partial charge in [0.05, 0.1) is 11.9 Å². The first-order chi connectivity index (χ1) is 11.4. The van der Waals surface area contributed by atoms with Crippen molar-refractivity contribution in [3.8, 4) is 0 Å². The highest BCUT2D eigenvalue weighted by Crippen LogP contribution is 2.28. The molecule has 1 unspecified atom stereocenters. The molecule has 1 saturated carbocycles. The summed E-state index contributed by atoms with van der Waals surface area (Å²) in [5.74, 6) is 0.587. The van der Waals surface area contributed by atoms with Gasteiger partial charge >= 0.3 is 0 Å². The van der Waals surface area contributed by atoms with Crippen molar-refractivity contribution in [2.24, 2.45) is 17.8 Å². The zero-order chi connectivity index (χ0) is 17.7. The Labute approximate surface area is 144 Å². The van der Waals surface area contributed by atoms with Crippen LogP contribution in [0.5, 0.6) is 0 Å². The largest absolute Gasteiger partial charge is 0.344 e. The zero-order valence-electron chi connectivity index (χ0n) is 15.1. The van der Waals surface area contributed by atoms with Gasteiger partial charge in [0.2, 0.25) is 11.8 Å². The average molecular weight is 331 g/mol. The topological polar surface area (TPSA) is 71.1 Å². The maximum atomic E-state index is 12.6. The molecule has 0 aliphatic heterocycles. The molecule has 5 heteroatoms. The van der Waals surface area contributed by atoms with E-state index in [-0.39, 0.29) is 23.7 Å². The summed E-state index contributed by atoms with van der Waals surface area (Å²) in [6, 6.07) is 3.14. The van der Waals surface area contributed by atoms with Gasteiger partial charge < -0.3 is 10.6 Å². The van der Waals surface area contributed by atoms with Crippen LogP contribution in [-0.2, 0) is 9.59 Å². The molecule has 1 aliphatic carbocycles. The van der Waals surface area contributed by atoms with Gasteiger partial charge in [-0.3, -0.25) is 14.6 Å². The fraction of sp³-hybridized carbons (Fsp3) is 0.632. The van der Waals surface area contributed by atoms with E-state index in [0.717, 1.165) is 31.4 Å². The number of amides is 2. The van der Waals surface area contributed by atoms with E-state index in [0.29, 0.717) is 11.6 Å². The monoisotopic (exact) mass is 331 g/mol. The molecule has 132 valence electrons. The number of pyridine rings is 1. The fourth-order valence-electron chi connectivity index (χ4n) is 3.09. The van der Waals surface area contributed by atoms with Gasteiger partial charge in [-0.05, 0) is 56.6 Å². The Bertz CT molecular complexity index is 560. The third-order valence-electron chi connectivity index (χ3n) is 4.81. The average Bonchev–Trinajstić information content (AvgIpc) is 2.54. The number of hydrogen-bond acceptors (Lipinski definition) is 3. The van der Waals surface area contributed by atoms with Gasteiger partial charge in [0.1, 0.15) is 6.04 Å². The molecular weight excluding hydrogens is 302 g/mol. The van der Waals surface area contributed by atoms with Gasteiger partial charge in [0.15, 0.2) is 0 Å². The van der Waals surface area contributed by atoms with Gasteiger partial charge in [-0.2, -0.15) is 0 Å². The molecule has 1 fully saturated rings. The highest BCUT2D eigenvalue weighted by atomic mass is 16.2. The van der Waals surface area contributed by atoms with E-state index in [1.165, 1.54) is 0 Å². The zero-order valence-corrected chi connectivity index (χ0v) is 15.1. The summed E-state index contributed by atoms with van der Waals surface area (Å²) in [5.41, 5.74) is 1.55. The van der Waals surface area contributed by atoms with E-state index in [4.69, 9.17) is 0 Å².